The second-order valence-electron chi connectivity index (χ2n) is 5.87. The summed E-state index contributed by atoms with van der Waals surface area (Å²) in [7, 11) is 1.50. The van der Waals surface area contributed by atoms with Gasteiger partial charge in [-0.1, -0.05) is 0 Å². The van der Waals surface area contributed by atoms with E-state index in [1.54, 1.807) is 0 Å². The minimum absolute atomic E-state index is 0.00606. The van der Waals surface area contributed by atoms with E-state index in [2.05, 4.69) is 5.32 Å². The molecule has 2 saturated heterocycles. The number of nitrogens with zero attached hydrogens (tertiary/aromatic N) is 2. The van der Waals surface area contributed by atoms with Gasteiger partial charge in [-0.05, 0) is 32.9 Å². The Kier molecular flexibility index (Phi) is 4.95. The second-order valence-corrected chi connectivity index (χ2v) is 5.87. The van der Waals surface area contributed by atoms with Crippen LogP contribution in [-0.2, 0) is 14.4 Å². The first-order valence-corrected chi connectivity index (χ1v) is 7.37. The van der Waals surface area contributed by atoms with Crippen molar-refractivity contribution in [1.82, 2.24) is 15.1 Å². The van der Waals surface area contributed by atoms with Crippen LogP contribution in [0.4, 0.5) is 0 Å². The number of hydrogen-bond donors (Lipinski definition) is 2. The van der Waals surface area contributed by atoms with Gasteiger partial charge in [-0.2, -0.15) is 0 Å². The van der Waals surface area contributed by atoms with Crippen LogP contribution in [-0.4, -0.2) is 77.9 Å². The molecule has 0 aromatic carbocycles. The van der Waals surface area contributed by atoms with Crippen molar-refractivity contribution < 1.29 is 19.5 Å². The van der Waals surface area contributed by atoms with E-state index in [1.807, 2.05) is 0 Å². The number of aliphatic hydroxyl groups excluding tert-OH is 1. The van der Waals surface area contributed by atoms with E-state index >= 15 is 0 Å². The van der Waals surface area contributed by atoms with Crippen LogP contribution >= 0.6 is 0 Å². The Labute approximate surface area is 124 Å². The van der Waals surface area contributed by atoms with Crippen molar-refractivity contribution in [3.8, 4) is 0 Å². The van der Waals surface area contributed by atoms with Gasteiger partial charge >= 0.3 is 0 Å². The average Bonchev–Trinajstić information content (AvgIpc) is 2.45. The molecule has 2 atom stereocenters. The van der Waals surface area contributed by atoms with Gasteiger partial charge in [0.05, 0.1) is 12.6 Å². The third kappa shape index (κ3) is 3.41. The zero-order valence-corrected chi connectivity index (χ0v) is 12.5. The van der Waals surface area contributed by atoms with Crippen LogP contribution in [0.15, 0.2) is 0 Å². The molecule has 2 amide bonds. The van der Waals surface area contributed by atoms with Crippen LogP contribution < -0.4 is 5.32 Å². The van der Waals surface area contributed by atoms with Crippen molar-refractivity contribution in [3.63, 3.8) is 0 Å². The standard InChI is InChI=1S/C14H23N3O4/c1-9(18)13-14(21)17(8-12(20)16(13)2)7-11(19)10-3-5-15-6-4-10/h9-10,13,15,18H,3-8H2,1-2H3/t9?,13-/m0/s1. The number of amides is 2. The van der Waals surface area contributed by atoms with Crippen LogP contribution in [0.25, 0.3) is 0 Å². The molecular weight excluding hydrogens is 274 g/mol. The van der Waals surface area contributed by atoms with E-state index in [0.29, 0.717) is 0 Å². The van der Waals surface area contributed by atoms with E-state index in [4.69, 9.17) is 0 Å². The highest BCUT2D eigenvalue weighted by Crippen LogP contribution is 2.17. The Morgan fingerprint density at radius 2 is 2.00 bits per heavy atom. The zero-order valence-electron chi connectivity index (χ0n) is 12.5. The third-order valence-corrected chi connectivity index (χ3v) is 4.30. The second kappa shape index (κ2) is 6.53. The summed E-state index contributed by atoms with van der Waals surface area (Å²) in [5, 5.41) is 12.9. The lowest BCUT2D eigenvalue weighted by Crippen LogP contribution is -2.62. The maximum absolute atomic E-state index is 12.3. The zero-order chi connectivity index (χ0) is 15.6. The van der Waals surface area contributed by atoms with Crippen molar-refractivity contribution in [2.24, 2.45) is 5.92 Å². The van der Waals surface area contributed by atoms with E-state index in [0.717, 1.165) is 25.9 Å². The number of ketones is 1. The summed E-state index contributed by atoms with van der Waals surface area (Å²) in [6.45, 7) is 2.97. The number of likely N-dealkylation sites (N-methyl/N-ethyl adjacent to an activating group) is 1. The van der Waals surface area contributed by atoms with Crippen LogP contribution in [0.3, 0.4) is 0 Å². The minimum atomic E-state index is -0.955. The van der Waals surface area contributed by atoms with Gasteiger partial charge in [-0.25, -0.2) is 0 Å². The van der Waals surface area contributed by atoms with Gasteiger partial charge in [0.15, 0.2) is 5.78 Å². The van der Waals surface area contributed by atoms with Gasteiger partial charge in [-0.3, -0.25) is 14.4 Å². The lowest BCUT2D eigenvalue weighted by molar-refractivity contribution is -0.159. The molecule has 7 heteroatoms. The first-order valence-electron chi connectivity index (χ1n) is 7.37. The molecule has 1 unspecified atom stereocenters. The summed E-state index contributed by atoms with van der Waals surface area (Å²) < 4.78 is 0. The molecule has 21 heavy (non-hydrogen) atoms. The SMILES string of the molecule is CC(O)[C@H]1C(=O)N(CC(=O)C2CCNCC2)CC(=O)N1C. The highest BCUT2D eigenvalue weighted by molar-refractivity contribution is 5.97. The molecule has 2 rings (SSSR count). The quantitative estimate of drug-likeness (QED) is 0.666. The first-order chi connectivity index (χ1) is 9.91. The Hall–Kier alpha value is -1.47. The molecule has 2 heterocycles. The number of piperidine rings is 1. The smallest absolute Gasteiger partial charge is 0.248 e. The van der Waals surface area contributed by atoms with Gasteiger partial charge in [0.1, 0.15) is 12.6 Å². The fourth-order valence-corrected chi connectivity index (χ4v) is 2.99. The fraction of sp³-hybridized carbons (Fsp3) is 0.786. The molecular formula is C14H23N3O4. The molecule has 118 valence electrons. The van der Waals surface area contributed by atoms with E-state index < -0.39 is 12.1 Å². The number of nitrogens with one attached hydrogen (secondary N) is 1. The largest absolute Gasteiger partial charge is 0.391 e. The summed E-state index contributed by atoms with van der Waals surface area (Å²) in [6.07, 6.45) is 0.589. The number of hydrogen-bond acceptors (Lipinski definition) is 5. The van der Waals surface area contributed by atoms with E-state index in [9.17, 15) is 19.5 Å². The molecule has 2 aliphatic heterocycles. The van der Waals surface area contributed by atoms with Gasteiger partial charge in [0, 0.05) is 13.0 Å². The number of carbonyl (C=O) groups excluding carboxylic acids is 3. The van der Waals surface area contributed by atoms with Gasteiger partial charge in [-0.15, -0.1) is 0 Å². The van der Waals surface area contributed by atoms with Crippen LogP contribution in [0.5, 0.6) is 0 Å². The Morgan fingerprint density at radius 1 is 1.38 bits per heavy atom. The summed E-state index contributed by atoms with van der Waals surface area (Å²) in [5.74, 6) is -0.640. The lowest BCUT2D eigenvalue weighted by Gasteiger charge is -2.39. The first kappa shape index (κ1) is 15.9. The number of piperazine rings is 1. The van der Waals surface area contributed by atoms with Crippen molar-refractivity contribution >= 4 is 17.6 Å². The number of Topliss-reactive ketones (excluding diaryl/α,β-unsaturated/α-hetero) is 1. The topological polar surface area (TPSA) is 90.0 Å². The van der Waals surface area contributed by atoms with Gasteiger partial charge < -0.3 is 20.2 Å². The van der Waals surface area contributed by atoms with Gasteiger partial charge in [0.25, 0.3) is 0 Å². The van der Waals surface area contributed by atoms with E-state index in [-0.39, 0.29) is 36.6 Å². The molecule has 2 fully saturated rings. The molecule has 0 spiro atoms. The molecule has 0 aromatic heterocycles. The van der Waals surface area contributed by atoms with Crippen molar-refractivity contribution in [1.29, 1.82) is 0 Å². The summed E-state index contributed by atoms with van der Waals surface area (Å²) in [6, 6.07) is -0.896. The third-order valence-electron chi connectivity index (χ3n) is 4.30. The Morgan fingerprint density at radius 3 is 2.57 bits per heavy atom. The van der Waals surface area contributed by atoms with E-state index in [1.165, 1.54) is 23.8 Å². The lowest BCUT2D eigenvalue weighted by atomic mass is 9.93. The molecule has 0 aromatic rings. The fourth-order valence-electron chi connectivity index (χ4n) is 2.99. The molecule has 0 bridgehead atoms. The number of carbonyl (C=O) groups is 3. The molecule has 0 aliphatic carbocycles. The monoisotopic (exact) mass is 297 g/mol. The molecule has 0 saturated carbocycles. The minimum Gasteiger partial charge on any atom is -0.391 e. The van der Waals surface area contributed by atoms with Crippen LogP contribution in [0, 0.1) is 5.92 Å². The molecule has 2 N–H and O–H groups in total. The average molecular weight is 297 g/mol. The van der Waals surface area contributed by atoms with Gasteiger partial charge in [0.2, 0.25) is 11.8 Å². The van der Waals surface area contributed by atoms with Crippen molar-refractivity contribution in [2.45, 2.75) is 31.9 Å². The Balaban J connectivity index is 2.03. The maximum Gasteiger partial charge on any atom is 0.248 e. The maximum atomic E-state index is 12.3. The normalized spacial score (nSPS) is 26.1. The van der Waals surface area contributed by atoms with Crippen LogP contribution in [0.1, 0.15) is 19.8 Å². The number of rotatable bonds is 4. The highest BCUT2D eigenvalue weighted by atomic mass is 16.3. The van der Waals surface area contributed by atoms with Crippen LogP contribution in [0.2, 0.25) is 0 Å². The highest BCUT2D eigenvalue weighted by Gasteiger charge is 2.41. The predicted molar refractivity (Wildman–Crippen MR) is 75.4 cm³/mol. The van der Waals surface area contributed by atoms with Crippen molar-refractivity contribution in [3.05, 3.63) is 0 Å². The number of aliphatic hydroxyl groups is 1. The molecule has 0 radical (unpaired) electrons. The molecule has 2 aliphatic rings. The predicted octanol–water partition coefficient (Wildman–Crippen LogP) is -1.39. The molecule has 7 nitrogen and oxygen atoms in total. The van der Waals surface area contributed by atoms with Crippen molar-refractivity contribution in [2.75, 3.05) is 33.2 Å². The summed E-state index contributed by atoms with van der Waals surface area (Å²) >= 11 is 0. The summed E-state index contributed by atoms with van der Waals surface area (Å²) in [4.78, 5) is 39.1. The summed E-state index contributed by atoms with van der Waals surface area (Å²) in [5.41, 5.74) is 0. The Bertz CT molecular complexity index is 432.